The molecule has 0 fully saturated rings. The molecule has 0 heterocycles. The van der Waals surface area contributed by atoms with E-state index in [1.165, 1.54) is 5.56 Å². The highest BCUT2D eigenvalue weighted by Crippen LogP contribution is 2.13. The average molecular weight is 326 g/mol. The smallest absolute Gasteiger partial charge is 0.277 e. The van der Waals surface area contributed by atoms with Crippen molar-refractivity contribution in [3.8, 4) is 11.5 Å². The molecular formula is C19H22N2O3. The molecule has 2 aromatic carbocycles. The summed E-state index contributed by atoms with van der Waals surface area (Å²) in [6.07, 6.45) is 3.70. The Kier molecular flexibility index (Phi) is 6.83. The van der Waals surface area contributed by atoms with Crippen molar-refractivity contribution in [2.75, 3.05) is 13.7 Å². The molecule has 0 aliphatic heterocycles. The molecule has 0 aliphatic carbocycles. The molecule has 0 radical (unpaired) electrons. The summed E-state index contributed by atoms with van der Waals surface area (Å²) < 4.78 is 10.6. The fourth-order valence-electron chi connectivity index (χ4n) is 2.12. The topological polar surface area (TPSA) is 59.9 Å². The maximum absolute atomic E-state index is 11.7. The van der Waals surface area contributed by atoms with Gasteiger partial charge in [0.2, 0.25) is 0 Å². The summed E-state index contributed by atoms with van der Waals surface area (Å²) in [4.78, 5) is 11.7. The summed E-state index contributed by atoms with van der Waals surface area (Å²) in [7, 11) is 1.60. The molecule has 0 bridgehead atoms. The molecule has 0 saturated heterocycles. The monoisotopic (exact) mass is 326 g/mol. The van der Waals surface area contributed by atoms with Crippen LogP contribution in [0.15, 0.2) is 53.6 Å². The predicted octanol–water partition coefficient (Wildman–Crippen LogP) is 3.18. The van der Waals surface area contributed by atoms with Gasteiger partial charge in [0, 0.05) is 0 Å². The number of hydrogen-bond donors (Lipinski definition) is 1. The van der Waals surface area contributed by atoms with Gasteiger partial charge >= 0.3 is 0 Å². The van der Waals surface area contributed by atoms with E-state index in [1.807, 2.05) is 48.5 Å². The quantitative estimate of drug-likeness (QED) is 0.599. The van der Waals surface area contributed by atoms with Crippen LogP contribution in [0.4, 0.5) is 0 Å². The van der Waals surface area contributed by atoms with Crippen molar-refractivity contribution >= 4 is 12.1 Å². The lowest BCUT2D eigenvalue weighted by atomic mass is 10.1. The van der Waals surface area contributed by atoms with E-state index in [1.54, 1.807) is 13.3 Å². The van der Waals surface area contributed by atoms with Crippen LogP contribution < -0.4 is 14.9 Å². The lowest BCUT2D eigenvalue weighted by molar-refractivity contribution is -0.123. The zero-order chi connectivity index (χ0) is 17.2. The van der Waals surface area contributed by atoms with Gasteiger partial charge in [0.05, 0.1) is 13.3 Å². The van der Waals surface area contributed by atoms with E-state index in [4.69, 9.17) is 9.47 Å². The molecule has 0 atom stereocenters. The van der Waals surface area contributed by atoms with Crippen molar-refractivity contribution in [2.24, 2.45) is 5.10 Å². The number of carbonyl (C=O) groups excluding carboxylic acids is 1. The van der Waals surface area contributed by atoms with Crippen LogP contribution in [0.2, 0.25) is 0 Å². The van der Waals surface area contributed by atoms with Crippen molar-refractivity contribution in [3.05, 3.63) is 59.7 Å². The fourth-order valence-corrected chi connectivity index (χ4v) is 2.12. The Bertz CT molecular complexity index is 681. The van der Waals surface area contributed by atoms with Crippen LogP contribution in [0, 0.1) is 0 Å². The number of carbonyl (C=O) groups is 1. The molecule has 2 rings (SSSR count). The molecule has 126 valence electrons. The summed E-state index contributed by atoms with van der Waals surface area (Å²) >= 11 is 0. The van der Waals surface area contributed by atoms with Crippen LogP contribution in [0.1, 0.15) is 24.5 Å². The second kappa shape index (κ2) is 9.35. The summed E-state index contributed by atoms with van der Waals surface area (Å²) in [5.74, 6) is 1.09. The summed E-state index contributed by atoms with van der Waals surface area (Å²) in [6.45, 7) is 2.06. The molecule has 2 aromatic rings. The zero-order valence-corrected chi connectivity index (χ0v) is 14.0. The van der Waals surface area contributed by atoms with Crippen LogP contribution in [0.3, 0.4) is 0 Å². The van der Waals surface area contributed by atoms with E-state index in [0.29, 0.717) is 5.75 Å². The number of amides is 1. The van der Waals surface area contributed by atoms with Gasteiger partial charge in [0.25, 0.3) is 5.91 Å². The standard InChI is InChI=1S/C19H22N2O3/c1-3-5-15-8-10-17(11-9-15)24-14-19(22)21-20-13-16-6-4-7-18(12-16)23-2/h4,6-13H,3,5,14H2,1-2H3,(H,21,22)/b20-13-. The second-order valence-corrected chi connectivity index (χ2v) is 5.25. The lowest BCUT2D eigenvalue weighted by Gasteiger charge is -2.06. The Hall–Kier alpha value is -2.82. The number of methoxy groups -OCH3 is 1. The summed E-state index contributed by atoms with van der Waals surface area (Å²) in [5, 5.41) is 3.91. The Labute approximate surface area is 142 Å². The molecule has 0 aromatic heterocycles. The molecular weight excluding hydrogens is 304 g/mol. The molecule has 5 heteroatoms. The summed E-state index contributed by atoms with van der Waals surface area (Å²) in [5.41, 5.74) is 4.53. The van der Waals surface area contributed by atoms with E-state index in [0.717, 1.165) is 24.2 Å². The van der Waals surface area contributed by atoms with Gasteiger partial charge in [-0.25, -0.2) is 5.43 Å². The van der Waals surface area contributed by atoms with Crippen LogP contribution in [-0.4, -0.2) is 25.8 Å². The second-order valence-electron chi connectivity index (χ2n) is 5.25. The van der Waals surface area contributed by atoms with Gasteiger partial charge in [0.1, 0.15) is 11.5 Å². The third kappa shape index (κ3) is 5.76. The van der Waals surface area contributed by atoms with Gasteiger partial charge in [-0.2, -0.15) is 5.10 Å². The van der Waals surface area contributed by atoms with E-state index in [9.17, 15) is 4.79 Å². The van der Waals surface area contributed by atoms with E-state index < -0.39 is 0 Å². The average Bonchev–Trinajstić information content (AvgIpc) is 2.61. The molecule has 0 unspecified atom stereocenters. The van der Waals surface area contributed by atoms with Crippen molar-refractivity contribution in [1.29, 1.82) is 0 Å². The van der Waals surface area contributed by atoms with Crippen LogP contribution in [0.25, 0.3) is 0 Å². The van der Waals surface area contributed by atoms with E-state index in [2.05, 4.69) is 17.5 Å². The van der Waals surface area contributed by atoms with Crippen molar-refractivity contribution in [1.82, 2.24) is 5.43 Å². The molecule has 5 nitrogen and oxygen atoms in total. The number of nitrogens with one attached hydrogen (secondary N) is 1. The largest absolute Gasteiger partial charge is 0.497 e. The first-order chi connectivity index (χ1) is 11.7. The minimum atomic E-state index is -0.313. The first-order valence-electron chi connectivity index (χ1n) is 7.89. The highest BCUT2D eigenvalue weighted by molar-refractivity contribution is 5.83. The van der Waals surface area contributed by atoms with Gasteiger partial charge in [-0.1, -0.05) is 37.6 Å². The minimum absolute atomic E-state index is 0.0808. The van der Waals surface area contributed by atoms with Crippen molar-refractivity contribution in [2.45, 2.75) is 19.8 Å². The number of aryl methyl sites for hydroxylation is 1. The Balaban J connectivity index is 1.77. The van der Waals surface area contributed by atoms with Gasteiger partial charge in [-0.15, -0.1) is 0 Å². The van der Waals surface area contributed by atoms with Crippen molar-refractivity contribution < 1.29 is 14.3 Å². The highest BCUT2D eigenvalue weighted by Gasteiger charge is 2.01. The molecule has 0 saturated carbocycles. The number of nitrogens with zero attached hydrogens (tertiary/aromatic N) is 1. The SMILES string of the molecule is CCCc1ccc(OCC(=O)N/N=C\c2cccc(OC)c2)cc1. The Morgan fingerprint density at radius 3 is 2.67 bits per heavy atom. The Morgan fingerprint density at radius 1 is 1.17 bits per heavy atom. The van der Waals surface area contributed by atoms with E-state index in [-0.39, 0.29) is 12.5 Å². The summed E-state index contributed by atoms with van der Waals surface area (Å²) in [6, 6.07) is 15.2. The minimum Gasteiger partial charge on any atom is -0.497 e. The number of hydrogen-bond acceptors (Lipinski definition) is 4. The zero-order valence-electron chi connectivity index (χ0n) is 14.0. The van der Waals surface area contributed by atoms with Gasteiger partial charge < -0.3 is 9.47 Å². The number of rotatable bonds is 8. The van der Waals surface area contributed by atoms with Crippen LogP contribution in [0.5, 0.6) is 11.5 Å². The molecule has 0 spiro atoms. The first kappa shape index (κ1) is 17.5. The highest BCUT2D eigenvalue weighted by atomic mass is 16.5. The molecule has 0 aliphatic rings. The van der Waals surface area contributed by atoms with Crippen LogP contribution in [-0.2, 0) is 11.2 Å². The first-order valence-corrected chi connectivity index (χ1v) is 7.89. The van der Waals surface area contributed by atoms with Crippen molar-refractivity contribution in [3.63, 3.8) is 0 Å². The molecule has 1 amide bonds. The van der Waals surface area contributed by atoms with E-state index >= 15 is 0 Å². The normalized spacial score (nSPS) is 10.6. The molecule has 24 heavy (non-hydrogen) atoms. The lowest BCUT2D eigenvalue weighted by Crippen LogP contribution is -2.24. The van der Waals surface area contributed by atoms with Gasteiger partial charge in [-0.05, 0) is 41.8 Å². The predicted molar refractivity (Wildman–Crippen MR) is 94.7 cm³/mol. The van der Waals surface area contributed by atoms with Gasteiger partial charge in [0.15, 0.2) is 6.61 Å². The van der Waals surface area contributed by atoms with Gasteiger partial charge in [-0.3, -0.25) is 4.79 Å². The fraction of sp³-hybridized carbons (Fsp3) is 0.263. The van der Waals surface area contributed by atoms with Crippen LogP contribution >= 0.6 is 0 Å². The number of benzene rings is 2. The third-order valence-electron chi connectivity index (χ3n) is 3.33. The maximum Gasteiger partial charge on any atom is 0.277 e. The number of hydrazone groups is 1. The number of ether oxygens (including phenoxy) is 2. The molecule has 1 N–H and O–H groups in total. The third-order valence-corrected chi connectivity index (χ3v) is 3.33. The maximum atomic E-state index is 11.7. The Morgan fingerprint density at radius 2 is 1.96 bits per heavy atom.